The van der Waals surface area contributed by atoms with Crippen molar-refractivity contribution in [1.82, 2.24) is 4.98 Å². The Kier molecular flexibility index (Phi) is 4.39. The van der Waals surface area contributed by atoms with E-state index in [4.69, 9.17) is 9.47 Å². The Morgan fingerprint density at radius 1 is 1.11 bits per heavy atom. The van der Waals surface area contributed by atoms with Crippen molar-refractivity contribution < 1.29 is 9.47 Å². The van der Waals surface area contributed by atoms with E-state index in [1.54, 1.807) is 13.3 Å². The number of methoxy groups -OCH3 is 1. The summed E-state index contributed by atoms with van der Waals surface area (Å²) in [6, 6.07) is 12.0. The van der Waals surface area contributed by atoms with Gasteiger partial charge in [-0.1, -0.05) is 32.0 Å². The summed E-state index contributed by atoms with van der Waals surface area (Å²) in [6.45, 7) is 4.78. The van der Waals surface area contributed by atoms with Gasteiger partial charge in [0.05, 0.1) is 12.7 Å². The van der Waals surface area contributed by atoms with Gasteiger partial charge in [0.15, 0.2) is 0 Å². The van der Waals surface area contributed by atoms with Gasteiger partial charge in [-0.05, 0) is 29.7 Å². The lowest BCUT2D eigenvalue weighted by atomic mass is 10.0. The summed E-state index contributed by atoms with van der Waals surface area (Å²) in [5, 5.41) is 0. The maximum absolute atomic E-state index is 5.91. The van der Waals surface area contributed by atoms with Crippen molar-refractivity contribution in [2.45, 2.75) is 26.4 Å². The average molecular weight is 257 g/mol. The zero-order valence-electron chi connectivity index (χ0n) is 11.6. The van der Waals surface area contributed by atoms with E-state index in [1.807, 2.05) is 30.3 Å². The van der Waals surface area contributed by atoms with Gasteiger partial charge >= 0.3 is 0 Å². The second-order valence-electron chi connectivity index (χ2n) is 4.65. The second-order valence-corrected chi connectivity index (χ2v) is 4.65. The Labute approximate surface area is 114 Å². The van der Waals surface area contributed by atoms with Gasteiger partial charge in [0.1, 0.15) is 12.4 Å². The minimum Gasteiger partial charge on any atom is -0.488 e. The highest BCUT2D eigenvalue weighted by atomic mass is 16.5. The van der Waals surface area contributed by atoms with Gasteiger partial charge in [-0.2, -0.15) is 0 Å². The fourth-order valence-electron chi connectivity index (χ4n) is 1.96. The Morgan fingerprint density at radius 2 is 1.89 bits per heavy atom. The van der Waals surface area contributed by atoms with Gasteiger partial charge < -0.3 is 9.47 Å². The molecule has 1 aromatic heterocycles. The molecule has 0 aliphatic rings. The van der Waals surface area contributed by atoms with Crippen molar-refractivity contribution in [3.8, 4) is 11.6 Å². The van der Waals surface area contributed by atoms with Crippen LogP contribution in [0, 0.1) is 0 Å². The molecule has 0 radical (unpaired) electrons. The molecule has 0 unspecified atom stereocenters. The molecule has 100 valence electrons. The molecule has 3 heteroatoms. The van der Waals surface area contributed by atoms with E-state index in [9.17, 15) is 0 Å². The molecular weight excluding hydrogens is 238 g/mol. The molecule has 3 nitrogen and oxygen atoms in total. The van der Waals surface area contributed by atoms with Crippen LogP contribution in [-0.4, -0.2) is 12.1 Å². The fraction of sp³-hybridized carbons (Fsp3) is 0.312. The molecule has 0 atom stereocenters. The van der Waals surface area contributed by atoms with Gasteiger partial charge in [0.25, 0.3) is 0 Å². The van der Waals surface area contributed by atoms with Crippen LogP contribution in [-0.2, 0) is 6.61 Å². The van der Waals surface area contributed by atoms with Crippen molar-refractivity contribution in [1.29, 1.82) is 0 Å². The number of ether oxygens (including phenoxy) is 2. The maximum Gasteiger partial charge on any atom is 0.219 e. The van der Waals surface area contributed by atoms with E-state index in [1.165, 1.54) is 5.56 Å². The third-order valence-electron chi connectivity index (χ3n) is 2.97. The lowest BCUT2D eigenvalue weighted by molar-refractivity contribution is 0.290. The number of hydrogen-bond acceptors (Lipinski definition) is 3. The maximum atomic E-state index is 5.91. The SMILES string of the molecule is COc1ncccc1COc1ccccc1C(C)C. The number of rotatable bonds is 5. The Balaban J connectivity index is 2.15. The fourth-order valence-corrected chi connectivity index (χ4v) is 1.96. The smallest absolute Gasteiger partial charge is 0.219 e. The van der Waals surface area contributed by atoms with E-state index in [2.05, 4.69) is 24.9 Å². The Morgan fingerprint density at radius 3 is 2.63 bits per heavy atom. The zero-order valence-corrected chi connectivity index (χ0v) is 11.6. The summed E-state index contributed by atoms with van der Waals surface area (Å²) in [6.07, 6.45) is 1.71. The normalized spacial score (nSPS) is 10.5. The van der Waals surface area contributed by atoms with Gasteiger partial charge in [0, 0.05) is 6.20 Å². The van der Waals surface area contributed by atoms with Crippen LogP contribution in [0.2, 0.25) is 0 Å². The molecule has 0 amide bonds. The van der Waals surface area contributed by atoms with Crippen molar-refractivity contribution in [3.63, 3.8) is 0 Å². The van der Waals surface area contributed by atoms with Crippen LogP contribution >= 0.6 is 0 Å². The molecule has 0 saturated heterocycles. The molecule has 0 aliphatic carbocycles. The molecule has 2 aromatic rings. The third-order valence-corrected chi connectivity index (χ3v) is 2.97. The standard InChI is InChI=1S/C16H19NO2/c1-12(2)14-8-4-5-9-15(14)19-11-13-7-6-10-17-16(13)18-3/h4-10,12H,11H2,1-3H3. The van der Waals surface area contributed by atoms with E-state index in [0.717, 1.165) is 11.3 Å². The molecule has 1 heterocycles. The van der Waals surface area contributed by atoms with Crippen LogP contribution in [0.1, 0.15) is 30.9 Å². The number of hydrogen-bond donors (Lipinski definition) is 0. The summed E-state index contributed by atoms with van der Waals surface area (Å²) in [5.74, 6) is 1.97. The van der Waals surface area contributed by atoms with Crippen LogP contribution in [0.15, 0.2) is 42.6 Å². The molecule has 0 fully saturated rings. The number of aromatic nitrogens is 1. The molecule has 19 heavy (non-hydrogen) atoms. The summed E-state index contributed by atoms with van der Waals surface area (Å²) >= 11 is 0. The van der Waals surface area contributed by atoms with E-state index >= 15 is 0 Å². The third kappa shape index (κ3) is 3.25. The first-order valence-electron chi connectivity index (χ1n) is 6.42. The average Bonchev–Trinajstić information content (AvgIpc) is 2.45. The van der Waals surface area contributed by atoms with Crippen molar-refractivity contribution in [2.75, 3.05) is 7.11 Å². The van der Waals surface area contributed by atoms with Gasteiger partial charge in [-0.15, -0.1) is 0 Å². The molecule has 0 saturated carbocycles. The van der Waals surface area contributed by atoms with Crippen LogP contribution in [0.3, 0.4) is 0 Å². The quantitative estimate of drug-likeness (QED) is 0.816. The number of nitrogens with zero attached hydrogens (tertiary/aromatic N) is 1. The lowest BCUT2D eigenvalue weighted by Gasteiger charge is -2.14. The topological polar surface area (TPSA) is 31.4 Å². The largest absolute Gasteiger partial charge is 0.488 e. The van der Waals surface area contributed by atoms with E-state index in [0.29, 0.717) is 18.4 Å². The molecule has 0 bridgehead atoms. The number of para-hydroxylation sites is 1. The van der Waals surface area contributed by atoms with Crippen LogP contribution in [0.5, 0.6) is 11.6 Å². The minimum absolute atomic E-state index is 0.437. The molecule has 0 aliphatic heterocycles. The first kappa shape index (κ1) is 13.4. The van der Waals surface area contributed by atoms with Gasteiger partial charge in [-0.3, -0.25) is 0 Å². The molecule has 0 spiro atoms. The monoisotopic (exact) mass is 257 g/mol. The molecule has 2 rings (SSSR count). The zero-order chi connectivity index (χ0) is 13.7. The summed E-state index contributed by atoms with van der Waals surface area (Å²) in [7, 11) is 1.62. The van der Waals surface area contributed by atoms with Gasteiger partial charge in [-0.25, -0.2) is 4.98 Å². The number of benzene rings is 1. The van der Waals surface area contributed by atoms with E-state index < -0.39 is 0 Å². The Hall–Kier alpha value is -2.03. The van der Waals surface area contributed by atoms with Gasteiger partial charge in [0.2, 0.25) is 5.88 Å². The van der Waals surface area contributed by atoms with Crippen molar-refractivity contribution in [3.05, 3.63) is 53.7 Å². The summed E-state index contributed by atoms with van der Waals surface area (Å²) in [5.41, 5.74) is 2.16. The first-order chi connectivity index (χ1) is 9.22. The molecule has 1 aromatic carbocycles. The lowest BCUT2D eigenvalue weighted by Crippen LogP contribution is -2.02. The summed E-state index contributed by atoms with van der Waals surface area (Å²) in [4.78, 5) is 4.16. The highest BCUT2D eigenvalue weighted by Gasteiger charge is 2.09. The van der Waals surface area contributed by atoms with Crippen LogP contribution in [0.4, 0.5) is 0 Å². The van der Waals surface area contributed by atoms with Crippen molar-refractivity contribution in [2.24, 2.45) is 0 Å². The second kappa shape index (κ2) is 6.23. The predicted octanol–water partition coefficient (Wildman–Crippen LogP) is 3.79. The summed E-state index contributed by atoms with van der Waals surface area (Å²) < 4.78 is 11.1. The molecule has 0 N–H and O–H groups in total. The van der Waals surface area contributed by atoms with Crippen molar-refractivity contribution >= 4 is 0 Å². The minimum atomic E-state index is 0.437. The highest BCUT2D eigenvalue weighted by Crippen LogP contribution is 2.27. The first-order valence-corrected chi connectivity index (χ1v) is 6.42. The highest BCUT2D eigenvalue weighted by molar-refractivity contribution is 5.36. The van der Waals surface area contributed by atoms with Crippen LogP contribution in [0.25, 0.3) is 0 Å². The Bertz CT molecular complexity index is 538. The predicted molar refractivity (Wildman–Crippen MR) is 75.7 cm³/mol. The number of pyridine rings is 1. The van der Waals surface area contributed by atoms with Crippen LogP contribution < -0.4 is 9.47 Å². The van der Waals surface area contributed by atoms with E-state index in [-0.39, 0.29) is 0 Å². The molecular formula is C16H19NO2.